The van der Waals surface area contributed by atoms with Crippen molar-refractivity contribution in [1.82, 2.24) is 0 Å². The molecule has 1 aromatic carbocycles. The SMILES string of the molecule is CCc1ccccc1NC(=O)C1(C(N)=NO)CCCC1. The zero-order chi connectivity index (χ0) is 14.6. The molecule has 0 bridgehead atoms. The number of amides is 1. The number of oxime groups is 1. The minimum absolute atomic E-state index is 0.0153. The molecule has 0 atom stereocenters. The average molecular weight is 275 g/mol. The van der Waals surface area contributed by atoms with E-state index in [1.165, 1.54) is 0 Å². The van der Waals surface area contributed by atoms with Crippen molar-refractivity contribution in [2.45, 2.75) is 39.0 Å². The van der Waals surface area contributed by atoms with E-state index in [1.54, 1.807) is 0 Å². The lowest BCUT2D eigenvalue weighted by Crippen LogP contribution is -2.45. The van der Waals surface area contributed by atoms with Crippen molar-refractivity contribution < 1.29 is 10.0 Å². The van der Waals surface area contributed by atoms with E-state index in [1.807, 2.05) is 31.2 Å². The van der Waals surface area contributed by atoms with E-state index in [4.69, 9.17) is 10.9 Å². The molecule has 20 heavy (non-hydrogen) atoms. The maximum absolute atomic E-state index is 12.6. The molecule has 5 heteroatoms. The Morgan fingerprint density at radius 2 is 2.05 bits per heavy atom. The molecular weight excluding hydrogens is 254 g/mol. The summed E-state index contributed by atoms with van der Waals surface area (Å²) in [5.74, 6) is -0.160. The molecule has 0 unspecified atom stereocenters. The number of aryl methyl sites for hydroxylation is 1. The molecule has 1 aliphatic rings. The van der Waals surface area contributed by atoms with E-state index >= 15 is 0 Å². The van der Waals surface area contributed by atoms with Crippen LogP contribution in [-0.4, -0.2) is 17.0 Å². The van der Waals surface area contributed by atoms with Gasteiger partial charge >= 0.3 is 0 Å². The number of hydrogen-bond acceptors (Lipinski definition) is 3. The van der Waals surface area contributed by atoms with Crippen molar-refractivity contribution in [2.75, 3.05) is 5.32 Å². The molecule has 0 aliphatic heterocycles. The molecule has 1 saturated carbocycles. The summed E-state index contributed by atoms with van der Waals surface area (Å²) >= 11 is 0. The summed E-state index contributed by atoms with van der Waals surface area (Å²) in [6, 6.07) is 7.70. The fraction of sp³-hybridized carbons (Fsp3) is 0.467. The standard InChI is InChI=1S/C15H21N3O2/c1-2-11-7-3-4-8-12(11)17-14(19)15(13(16)18-20)9-5-6-10-15/h3-4,7-8,20H,2,5-6,9-10H2,1H3,(H2,16,18)(H,17,19). The first-order valence-electron chi connectivity index (χ1n) is 7.01. The molecule has 0 radical (unpaired) electrons. The second-order valence-electron chi connectivity index (χ2n) is 5.24. The van der Waals surface area contributed by atoms with E-state index in [-0.39, 0.29) is 11.7 Å². The first kappa shape index (κ1) is 14.4. The van der Waals surface area contributed by atoms with Gasteiger partial charge in [0.05, 0.1) is 0 Å². The van der Waals surface area contributed by atoms with Crippen molar-refractivity contribution >= 4 is 17.4 Å². The van der Waals surface area contributed by atoms with Crippen molar-refractivity contribution in [3.8, 4) is 0 Å². The van der Waals surface area contributed by atoms with Crippen LogP contribution in [0.1, 0.15) is 38.2 Å². The van der Waals surface area contributed by atoms with Crippen molar-refractivity contribution in [2.24, 2.45) is 16.3 Å². The Balaban J connectivity index is 2.26. The highest BCUT2D eigenvalue weighted by Crippen LogP contribution is 2.39. The lowest BCUT2D eigenvalue weighted by molar-refractivity contribution is -0.122. The van der Waals surface area contributed by atoms with Crippen molar-refractivity contribution in [3.05, 3.63) is 29.8 Å². The Morgan fingerprint density at radius 1 is 1.40 bits per heavy atom. The number of amidine groups is 1. The predicted molar refractivity (Wildman–Crippen MR) is 78.8 cm³/mol. The number of hydrogen-bond donors (Lipinski definition) is 3. The molecule has 2 rings (SSSR count). The van der Waals surface area contributed by atoms with Gasteiger partial charge in [-0.3, -0.25) is 4.79 Å². The van der Waals surface area contributed by atoms with E-state index < -0.39 is 5.41 Å². The van der Waals surface area contributed by atoms with Gasteiger partial charge in [-0.05, 0) is 30.9 Å². The Labute approximate surface area is 118 Å². The quantitative estimate of drug-likeness (QED) is 0.341. The Hall–Kier alpha value is -2.04. The number of carbonyl (C=O) groups is 1. The minimum atomic E-state index is -0.865. The van der Waals surface area contributed by atoms with Crippen molar-refractivity contribution in [3.63, 3.8) is 0 Å². The van der Waals surface area contributed by atoms with Crippen LogP contribution in [0.3, 0.4) is 0 Å². The van der Waals surface area contributed by atoms with Gasteiger partial charge in [0, 0.05) is 5.69 Å². The van der Waals surface area contributed by atoms with Crippen LogP contribution in [0.25, 0.3) is 0 Å². The summed E-state index contributed by atoms with van der Waals surface area (Å²) in [6.07, 6.45) is 3.93. The highest BCUT2D eigenvalue weighted by atomic mass is 16.4. The zero-order valence-corrected chi connectivity index (χ0v) is 11.7. The Kier molecular flexibility index (Phi) is 4.27. The maximum Gasteiger partial charge on any atom is 0.238 e. The number of nitrogens with one attached hydrogen (secondary N) is 1. The zero-order valence-electron chi connectivity index (χ0n) is 11.7. The van der Waals surface area contributed by atoms with E-state index in [9.17, 15) is 4.79 Å². The first-order valence-corrected chi connectivity index (χ1v) is 7.01. The molecule has 1 amide bonds. The number of anilines is 1. The Bertz CT molecular complexity index is 520. The third-order valence-electron chi connectivity index (χ3n) is 4.14. The van der Waals surface area contributed by atoms with E-state index in [2.05, 4.69) is 10.5 Å². The smallest absolute Gasteiger partial charge is 0.238 e. The van der Waals surface area contributed by atoms with Crippen LogP contribution in [0.5, 0.6) is 0 Å². The average Bonchev–Trinajstić information content (AvgIpc) is 2.97. The fourth-order valence-corrected chi connectivity index (χ4v) is 2.87. The largest absolute Gasteiger partial charge is 0.409 e. The van der Waals surface area contributed by atoms with Crippen LogP contribution in [0.15, 0.2) is 29.4 Å². The molecular formula is C15H21N3O2. The van der Waals surface area contributed by atoms with Gasteiger partial charge in [-0.25, -0.2) is 0 Å². The number of rotatable bonds is 4. The van der Waals surface area contributed by atoms with Gasteiger partial charge in [0.15, 0.2) is 5.84 Å². The lowest BCUT2D eigenvalue weighted by atomic mass is 9.83. The van der Waals surface area contributed by atoms with Gasteiger partial charge in [-0.15, -0.1) is 0 Å². The topological polar surface area (TPSA) is 87.7 Å². The molecule has 0 heterocycles. The van der Waals surface area contributed by atoms with Gasteiger partial charge in [-0.2, -0.15) is 0 Å². The minimum Gasteiger partial charge on any atom is -0.409 e. The summed E-state index contributed by atoms with van der Waals surface area (Å²) in [5.41, 5.74) is 6.79. The molecule has 1 aromatic rings. The summed E-state index contributed by atoms with van der Waals surface area (Å²) in [5, 5.41) is 15.0. The molecule has 0 aromatic heterocycles. The lowest BCUT2D eigenvalue weighted by Gasteiger charge is -2.26. The Morgan fingerprint density at radius 3 is 2.65 bits per heavy atom. The molecule has 1 aliphatic carbocycles. The van der Waals surface area contributed by atoms with Crippen molar-refractivity contribution in [1.29, 1.82) is 0 Å². The van der Waals surface area contributed by atoms with Gasteiger partial charge in [0.1, 0.15) is 5.41 Å². The molecule has 4 N–H and O–H groups in total. The van der Waals surface area contributed by atoms with Gasteiger partial charge in [-0.1, -0.05) is 43.1 Å². The van der Waals surface area contributed by atoms with Gasteiger partial charge in [0.2, 0.25) is 5.91 Å². The first-order chi connectivity index (χ1) is 9.64. The second-order valence-corrected chi connectivity index (χ2v) is 5.24. The summed E-state index contributed by atoms with van der Waals surface area (Å²) in [6.45, 7) is 2.04. The molecule has 5 nitrogen and oxygen atoms in total. The highest BCUT2D eigenvalue weighted by Gasteiger charge is 2.45. The fourth-order valence-electron chi connectivity index (χ4n) is 2.87. The number of para-hydroxylation sites is 1. The number of benzene rings is 1. The highest BCUT2D eigenvalue weighted by molar-refractivity contribution is 6.12. The predicted octanol–water partition coefficient (Wildman–Crippen LogP) is 2.49. The molecule has 0 saturated heterocycles. The normalized spacial score (nSPS) is 17.9. The maximum atomic E-state index is 12.6. The molecule has 1 fully saturated rings. The molecule has 0 spiro atoms. The third kappa shape index (κ3) is 2.48. The number of carbonyl (C=O) groups excluding carboxylic acids is 1. The number of nitrogens with zero attached hydrogens (tertiary/aromatic N) is 1. The summed E-state index contributed by atoms with van der Waals surface area (Å²) < 4.78 is 0. The third-order valence-corrected chi connectivity index (χ3v) is 4.14. The summed E-state index contributed by atoms with van der Waals surface area (Å²) in [4.78, 5) is 12.6. The van der Waals surface area contributed by atoms with Crippen LogP contribution < -0.4 is 11.1 Å². The van der Waals surface area contributed by atoms with Crippen LogP contribution >= 0.6 is 0 Å². The summed E-state index contributed by atoms with van der Waals surface area (Å²) in [7, 11) is 0. The molecule has 108 valence electrons. The van der Waals surface area contributed by atoms with Gasteiger partial charge in [0.25, 0.3) is 0 Å². The second kappa shape index (κ2) is 5.94. The van der Waals surface area contributed by atoms with Gasteiger partial charge < -0.3 is 16.3 Å². The van der Waals surface area contributed by atoms with Crippen LogP contribution in [-0.2, 0) is 11.2 Å². The van der Waals surface area contributed by atoms with Crippen LogP contribution in [0, 0.1) is 5.41 Å². The number of nitrogens with two attached hydrogens (primary N) is 1. The van der Waals surface area contributed by atoms with Crippen LogP contribution in [0.4, 0.5) is 5.69 Å². The van der Waals surface area contributed by atoms with E-state index in [0.717, 1.165) is 30.5 Å². The van der Waals surface area contributed by atoms with Crippen LogP contribution in [0.2, 0.25) is 0 Å². The monoisotopic (exact) mass is 275 g/mol. The van der Waals surface area contributed by atoms with E-state index in [0.29, 0.717) is 12.8 Å².